The molecule has 0 saturated carbocycles. The van der Waals surface area contributed by atoms with Gasteiger partial charge in [-0.15, -0.1) is 0 Å². The molecule has 0 aliphatic rings. The maximum atomic E-state index is 12.9. The van der Waals surface area contributed by atoms with Gasteiger partial charge in [0.1, 0.15) is 13.2 Å². The predicted molar refractivity (Wildman–Crippen MR) is 334 cm³/mol. The molecule has 0 aromatic carbocycles. The van der Waals surface area contributed by atoms with Crippen LogP contribution in [0.25, 0.3) is 0 Å². The maximum Gasteiger partial charge on any atom is 0.306 e. The summed E-state index contributed by atoms with van der Waals surface area (Å²) < 4.78 is 16.8. The van der Waals surface area contributed by atoms with E-state index in [2.05, 4.69) is 142 Å². The number of carbonyl (C=O) groups is 3. The highest BCUT2D eigenvalue weighted by Crippen LogP contribution is 2.15. The van der Waals surface area contributed by atoms with Gasteiger partial charge in [-0.2, -0.15) is 0 Å². The van der Waals surface area contributed by atoms with E-state index in [9.17, 15) is 14.4 Å². The summed E-state index contributed by atoms with van der Waals surface area (Å²) in [7, 11) is 0. The molecule has 0 N–H and O–H groups in total. The van der Waals surface area contributed by atoms with E-state index in [1.165, 1.54) is 122 Å². The standard InChI is InChI=1S/C71H116O6/c1-4-7-10-13-16-19-22-25-27-29-31-32-33-34-35-36-37-38-40-41-43-46-49-52-55-58-61-64-70(73)76-67-68(66-75-69(72)63-60-57-54-51-48-45-24-21-18-15-12-9-6-3)77-71(74)65-62-59-56-53-50-47-44-42-39-30-28-26-23-20-17-14-11-8-5-2/h8-9,11-12,17-18,20-22,25-26,28-29,31,39,42,45,47-48,50,56,59,68H,4-7,10,13-16,19,23-24,27,30,32-38,40-41,43-44,46,49,51-55,57-58,60-67H2,1-3H3/b11-8-,12-9-,20-17-,21-18-,25-22-,28-26-,31-29-,42-39-,48-45-,50-47-,59-56-. The Bertz CT molecular complexity index is 1650. The van der Waals surface area contributed by atoms with Gasteiger partial charge in [0.05, 0.1) is 0 Å². The van der Waals surface area contributed by atoms with Crippen LogP contribution in [0.4, 0.5) is 0 Å². The van der Waals surface area contributed by atoms with Gasteiger partial charge in [0.15, 0.2) is 6.10 Å². The van der Waals surface area contributed by atoms with Gasteiger partial charge in [-0.1, -0.05) is 270 Å². The monoisotopic (exact) mass is 1060 g/mol. The Labute approximate surface area is 475 Å². The Morgan fingerprint density at radius 1 is 0.273 bits per heavy atom. The van der Waals surface area contributed by atoms with Gasteiger partial charge in [-0.25, -0.2) is 0 Å². The van der Waals surface area contributed by atoms with Gasteiger partial charge < -0.3 is 14.2 Å². The molecule has 436 valence electrons. The molecule has 0 rings (SSSR count). The molecule has 6 nitrogen and oxygen atoms in total. The molecule has 0 aromatic heterocycles. The lowest BCUT2D eigenvalue weighted by atomic mass is 10.0. The summed E-state index contributed by atoms with van der Waals surface area (Å²) in [5.74, 6) is -1.04. The topological polar surface area (TPSA) is 78.9 Å². The molecule has 0 bridgehead atoms. The fourth-order valence-corrected chi connectivity index (χ4v) is 8.45. The minimum atomic E-state index is -0.836. The molecule has 0 aliphatic carbocycles. The van der Waals surface area contributed by atoms with Crippen molar-refractivity contribution >= 4 is 17.9 Å². The first-order valence-electron chi connectivity index (χ1n) is 31.7. The Morgan fingerprint density at radius 2 is 0.532 bits per heavy atom. The Hall–Kier alpha value is -4.45. The zero-order valence-corrected chi connectivity index (χ0v) is 49.9. The van der Waals surface area contributed by atoms with Crippen LogP contribution in [0.5, 0.6) is 0 Å². The molecular formula is C71H116O6. The molecule has 0 heterocycles. The first-order chi connectivity index (χ1) is 38.0. The Kier molecular flexibility index (Phi) is 60.4. The average molecular weight is 1070 g/mol. The molecule has 1 unspecified atom stereocenters. The lowest BCUT2D eigenvalue weighted by Crippen LogP contribution is -2.30. The lowest BCUT2D eigenvalue weighted by Gasteiger charge is -2.18. The summed E-state index contributed by atoms with van der Waals surface area (Å²) >= 11 is 0. The SMILES string of the molecule is CC/C=C\C/C=C\C/C=C\C/C=C\C/C=C\C/C=C\CCC(=O)OC(COC(=O)CCCCC/C=C\C/C=C\C/C=C\CC)COC(=O)CCCCCCCCCCCCCCCCC/C=C\C/C=C\CCCCCCC. The van der Waals surface area contributed by atoms with Crippen molar-refractivity contribution in [3.8, 4) is 0 Å². The average Bonchev–Trinajstić information content (AvgIpc) is 3.43. The van der Waals surface area contributed by atoms with Crippen LogP contribution in [0.2, 0.25) is 0 Å². The zero-order valence-electron chi connectivity index (χ0n) is 49.9. The van der Waals surface area contributed by atoms with Gasteiger partial charge in [0.2, 0.25) is 0 Å². The van der Waals surface area contributed by atoms with Crippen LogP contribution in [0.3, 0.4) is 0 Å². The quantitative estimate of drug-likeness (QED) is 0.0261. The van der Waals surface area contributed by atoms with E-state index in [4.69, 9.17) is 14.2 Å². The minimum Gasteiger partial charge on any atom is -0.462 e. The summed E-state index contributed by atoms with van der Waals surface area (Å²) in [6.45, 7) is 6.32. The number of ether oxygens (including phenoxy) is 3. The van der Waals surface area contributed by atoms with E-state index < -0.39 is 12.1 Å². The highest BCUT2D eigenvalue weighted by molar-refractivity contribution is 5.71. The van der Waals surface area contributed by atoms with E-state index in [1.54, 1.807) is 0 Å². The van der Waals surface area contributed by atoms with Crippen LogP contribution in [-0.2, 0) is 28.6 Å². The Balaban J connectivity index is 4.39. The van der Waals surface area contributed by atoms with Crippen molar-refractivity contribution in [2.24, 2.45) is 0 Å². The van der Waals surface area contributed by atoms with E-state index in [1.807, 2.05) is 12.2 Å². The van der Waals surface area contributed by atoms with Gasteiger partial charge in [0.25, 0.3) is 0 Å². The number of unbranched alkanes of at least 4 members (excludes halogenated alkanes) is 23. The van der Waals surface area contributed by atoms with Crippen molar-refractivity contribution in [2.75, 3.05) is 13.2 Å². The van der Waals surface area contributed by atoms with Crippen molar-refractivity contribution < 1.29 is 28.6 Å². The molecule has 0 spiro atoms. The first kappa shape index (κ1) is 72.5. The molecule has 77 heavy (non-hydrogen) atoms. The number of hydrogen-bond acceptors (Lipinski definition) is 6. The number of esters is 3. The van der Waals surface area contributed by atoms with Crippen molar-refractivity contribution in [1.29, 1.82) is 0 Å². The third kappa shape index (κ3) is 62.3. The molecule has 1 atom stereocenters. The summed E-state index contributed by atoms with van der Waals surface area (Å²) in [4.78, 5) is 38.2. The number of hydrogen-bond donors (Lipinski definition) is 0. The second-order valence-corrected chi connectivity index (χ2v) is 20.5. The van der Waals surface area contributed by atoms with Gasteiger partial charge >= 0.3 is 17.9 Å². The second kappa shape index (κ2) is 64.1. The molecule has 0 amide bonds. The second-order valence-electron chi connectivity index (χ2n) is 20.5. The molecule has 0 aromatic rings. The van der Waals surface area contributed by atoms with E-state index in [-0.39, 0.29) is 31.6 Å². The lowest BCUT2D eigenvalue weighted by molar-refractivity contribution is -0.166. The summed E-state index contributed by atoms with van der Waals surface area (Å²) in [5.41, 5.74) is 0. The van der Waals surface area contributed by atoms with Crippen LogP contribution in [-0.4, -0.2) is 37.2 Å². The maximum absolute atomic E-state index is 12.9. The van der Waals surface area contributed by atoms with Crippen LogP contribution < -0.4 is 0 Å². The summed E-state index contributed by atoms with van der Waals surface area (Å²) in [5, 5.41) is 0. The fourth-order valence-electron chi connectivity index (χ4n) is 8.45. The van der Waals surface area contributed by atoms with Crippen molar-refractivity contribution in [1.82, 2.24) is 0 Å². The van der Waals surface area contributed by atoms with E-state index in [0.29, 0.717) is 19.3 Å². The summed E-state index contributed by atoms with van der Waals surface area (Å²) in [6, 6.07) is 0. The molecule has 0 aliphatic heterocycles. The molecular weight excluding hydrogens is 949 g/mol. The molecule has 0 saturated heterocycles. The summed E-state index contributed by atoms with van der Waals surface area (Å²) in [6.07, 6.45) is 90.5. The fraction of sp³-hybridized carbons (Fsp3) is 0.648. The Morgan fingerprint density at radius 3 is 0.857 bits per heavy atom. The van der Waals surface area contributed by atoms with Crippen LogP contribution in [0, 0.1) is 0 Å². The van der Waals surface area contributed by atoms with Crippen LogP contribution in [0.15, 0.2) is 134 Å². The number of rotatable bonds is 56. The highest BCUT2D eigenvalue weighted by atomic mass is 16.6. The van der Waals surface area contributed by atoms with Crippen LogP contribution >= 0.6 is 0 Å². The normalized spacial score (nSPS) is 13.0. The van der Waals surface area contributed by atoms with Crippen LogP contribution in [0.1, 0.15) is 278 Å². The largest absolute Gasteiger partial charge is 0.462 e. The minimum absolute atomic E-state index is 0.121. The third-order valence-electron chi connectivity index (χ3n) is 13.1. The number of allylic oxidation sites excluding steroid dienone is 22. The molecule has 0 radical (unpaired) electrons. The van der Waals surface area contributed by atoms with Crippen molar-refractivity contribution in [3.63, 3.8) is 0 Å². The number of carbonyl (C=O) groups excluding carboxylic acids is 3. The third-order valence-corrected chi connectivity index (χ3v) is 13.1. The highest BCUT2D eigenvalue weighted by Gasteiger charge is 2.19. The van der Waals surface area contributed by atoms with Gasteiger partial charge in [-0.05, 0) is 122 Å². The van der Waals surface area contributed by atoms with Crippen molar-refractivity contribution in [2.45, 2.75) is 284 Å². The first-order valence-corrected chi connectivity index (χ1v) is 31.7. The predicted octanol–water partition coefficient (Wildman–Crippen LogP) is 21.8. The molecule has 6 heteroatoms. The zero-order chi connectivity index (χ0) is 55.7. The van der Waals surface area contributed by atoms with E-state index in [0.717, 1.165) is 109 Å². The van der Waals surface area contributed by atoms with E-state index >= 15 is 0 Å². The van der Waals surface area contributed by atoms with Gasteiger partial charge in [-0.3, -0.25) is 14.4 Å². The molecule has 0 fully saturated rings. The smallest absolute Gasteiger partial charge is 0.306 e. The van der Waals surface area contributed by atoms with Crippen molar-refractivity contribution in [3.05, 3.63) is 134 Å². The van der Waals surface area contributed by atoms with Gasteiger partial charge in [0, 0.05) is 19.3 Å².